The molecule has 1 N–H and O–H groups in total. The molecule has 0 bridgehead atoms. The fourth-order valence-corrected chi connectivity index (χ4v) is 3.46. The quantitative estimate of drug-likeness (QED) is 0.577. The van der Waals surface area contributed by atoms with E-state index in [1.807, 2.05) is 6.92 Å². The Morgan fingerprint density at radius 2 is 2.07 bits per heavy atom. The fourth-order valence-electron chi connectivity index (χ4n) is 2.43. The molecule has 12 heteroatoms. The Morgan fingerprint density at radius 3 is 2.72 bits per heavy atom. The van der Waals surface area contributed by atoms with Gasteiger partial charge in [-0.1, -0.05) is 23.4 Å². The summed E-state index contributed by atoms with van der Waals surface area (Å²) < 4.78 is 40.6. The molecule has 3 rings (SSSR count). The Morgan fingerprint density at radius 1 is 1.28 bits per heavy atom. The summed E-state index contributed by atoms with van der Waals surface area (Å²) in [5.41, 5.74) is -0.465. The van der Waals surface area contributed by atoms with Crippen LogP contribution in [0.2, 0.25) is 5.02 Å². The van der Waals surface area contributed by atoms with E-state index >= 15 is 0 Å². The molecule has 0 fully saturated rings. The van der Waals surface area contributed by atoms with Crippen LogP contribution in [-0.2, 0) is 17.5 Å². The van der Waals surface area contributed by atoms with Gasteiger partial charge in [-0.25, -0.2) is 4.98 Å². The maximum atomic E-state index is 12.9. The topological polar surface area (TPSA) is 85.6 Å². The van der Waals surface area contributed by atoms with Gasteiger partial charge >= 0.3 is 6.18 Å². The zero-order chi connectivity index (χ0) is 21.0. The summed E-state index contributed by atoms with van der Waals surface area (Å²) in [6.07, 6.45) is 0.0135. The highest BCUT2D eigenvalue weighted by Crippen LogP contribution is 2.36. The number of rotatable bonds is 6. The second-order valence-corrected chi connectivity index (χ2v) is 7.02. The predicted molar refractivity (Wildman–Crippen MR) is 103 cm³/mol. The Kier molecular flexibility index (Phi) is 6.38. The third kappa shape index (κ3) is 5.04. The van der Waals surface area contributed by atoms with E-state index in [1.54, 1.807) is 10.8 Å². The summed E-state index contributed by atoms with van der Waals surface area (Å²) in [5.74, 6) is -0.0454. The summed E-state index contributed by atoms with van der Waals surface area (Å²) >= 11 is 6.69. The predicted octanol–water partition coefficient (Wildman–Crippen LogP) is 4.16. The van der Waals surface area contributed by atoms with Crippen LogP contribution in [0.3, 0.4) is 0 Å². The Labute approximate surface area is 172 Å². The van der Waals surface area contributed by atoms with E-state index in [9.17, 15) is 18.0 Å². The summed E-state index contributed by atoms with van der Waals surface area (Å²) in [4.78, 5) is 20.4. The van der Waals surface area contributed by atoms with Crippen LogP contribution < -0.4 is 5.32 Å². The van der Waals surface area contributed by atoms with Gasteiger partial charge in [-0.3, -0.25) is 9.78 Å². The van der Waals surface area contributed by atoms with Crippen molar-refractivity contribution in [2.24, 2.45) is 0 Å². The van der Waals surface area contributed by atoms with Crippen LogP contribution in [0.1, 0.15) is 12.5 Å². The first-order chi connectivity index (χ1) is 13.8. The Hall–Kier alpha value is -2.66. The molecule has 29 heavy (non-hydrogen) atoms. The van der Waals surface area contributed by atoms with E-state index in [0.29, 0.717) is 23.2 Å². The number of benzene rings is 1. The number of alkyl halides is 3. The van der Waals surface area contributed by atoms with Crippen LogP contribution in [0.15, 0.2) is 41.9 Å². The Balaban J connectivity index is 1.68. The van der Waals surface area contributed by atoms with Gasteiger partial charge in [-0.15, -0.1) is 10.2 Å². The SMILES string of the molecule is CCn1c(SCC(=O)Nc2ccc(Cl)c(C(F)(F)F)c2)nnc1-c1cnccn1. The van der Waals surface area contributed by atoms with Crippen molar-refractivity contribution in [1.82, 2.24) is 24.7 Å². The maximum Gasteiger partial charge on any atom is 0.417 e. The van der Waals surface area contributed by atoms with Crippen LogP contribution >= 0.6 is 23.4 Å². The first kappa shape index (κ1) is 21.1. The lowest BCUT2D eigenvalue weighted by molar-refractivity contribution is -0.137. The molecule has 7 nitrogen and oxygen atoms in total. The number of carbonyl (C=O) groups excluding carboxylic acids is 1. The molecule has 0 aliphatic rings. The van der Waals surface area contributed by atoms with E-state index < -0.39 is 22.7 Å². The van der Waals surface area contributed by atoms with Gasteiger partial charge in [0.25, 0.3) is 0 Å². The second-order valence-electron chi connectivity index (χ2n) is 5.67. The van der Waals surface area contributed by atoms with Gasteiger partial charge in [-0.2, -0.15) is 13.2 Å². The summed E-state index contributed by atoms with van der Waals surface area (Å²) in [6, 6.07) is 3.19. The van der Waals surface area contributed by atoms with Crippen molar-refractivity contribution in [2.45, 2.75) is 24.8 Å². The van der Waals surface area contributed by atoms with E-state index in [1.165, 1.54) is 18.5 Å². The summed E-state index contributed by atoms with van der Waals surface area (Å²) in [6.45, 7) is 2.43. The monoisotopic (exact) mass is 442 g/mol. The number of hydrogen-bond donors (Lipinski definition) is 1. The van der Waals surface area contributed by atoms with Gasteiger partial charge in [0.05, 0.1) is 22.5 Å². The molecule has 0 aliphatic heterocycles. The lowest BCUT2D eigenvalue weighted by atomic mass is 10.2. The van der Waals surface area contributed by atoms with Crippen molar-refractivity contribution in [2.75, 3.05) is 11.1 Å². The molecule has 0 radical (unpaired) electrons. The number of thioether (sulfide) groups is 1. The third-order valence-electron chi connectivity index (χ3n) is 3.71. The standard InChI is InChI=1S/C17H14ClF3N6OS/c1-2-27-15(13-8-22-5-6-23-13)25-26-16(27)29-9-14(28)24-10-3-4-12(18)11(7-10)17(19,20)21/h3-8H,2,9H2,1H3,(H,24,28). The second kappa shape index (κ2) is 8.78. The molecule has 0 saturated heterocycles. The number of nitrogens with one attached hydrogen (secondary N) is 1. The highest BCUT2D eigenvalue weighted by Gasteiger charge is 2.33. The van der Waals surface area contributed by atoms with Crippen molar-refractivity contribution >= 4 is 35.0 Å². The number of amides is 1. The van der Waals surface area contributed by atoms with E-state index in [-0.39, 0.29) is 11.4 Å². The zero-order valence-corrected chi connectivity index (χ0v) is 16.5. The molecule has 0 spiro atoms. The highest BCUT2D eigenvalue weighted by atomic mass is 35.5. The molecule has 0 atom stereocenters. The van der Waals surface area contributed by atoms with E-state index in [2.05, 4.69) is 25.5 Å². The van der Waals surface area contributed by atoms with Crippen molar-refractivity contribution in [3.63, 3.8) is 0 Å². The van der Waals surface area contributed by atoms with Crippen LogP contribution in [0.25, 0.3) is 11.5 Å². The van der Waals surface area contributed by atoms with E-state index in [4.69, 9.17) is 11.6 Å². The van der Waals surface area contributed by atoms with Crippen molar-refractivity contribution < 1.29 is 18.0 Å². The summed E-state index contributed by atoms with van der Waals surface area (Å²) in [7, 11) is 0. The average molecular weight is 443 g/mol. The zero-order valence-electron chi connectivity index (χ0n) is 14.9. The lowest BCUT2D eigenvalue weighted by Gasteiger charge is -2.12. The number of hydrogen-bond acceptors (Lipinski definition) is 6. The van der Waals surface area contributed by atoms with Crippen molar-refractivity contribution in [1.29, 1.82) is 0 Å². The lowest BCUT2D eigenvalue weighted by Crippen LogP contribution is -2.15. The molecule has 2 heterocycles. The summed E-state index contributed by atoms with van der Waals surface area (Å²) in [5, 5.41) is 10.6. The normalized spacial score (nSPS) is 11.5. The van der Waals surface area contributed by atoms with Crippen LogP contribution in [0, 0.1) is 0 Å². The van der Waals surface area contributed by atoms with Crippen LogP contribution in [0.4, 0.5) is 18.9 Å². The number of carbonyl (C=O) groups is 1. The minimum Gasteiger partial charge on any atom is -0.325 e. The fraction of sp³-hybridized carbons (Fsp3) is 0.235. The number of nitrogens with zero attached hydrogens (tertiary/aromatic N) is 5. The minimum atomic E-state index is -4.61. The number of halogens is 4. The molecule has 2 aromatic heterocycles. The molecule has 1 aromatic carbocycles. The van der Waals surface area contributed by atoms with Crippen LogP contribution in [-0.4, -0.2) is 36.4 Å². The number of aromatic nitrogens is 5. The van der Waals surface area contributed by atoms with Gasteiger partial charge in [0.1, 0.15) is 5.69 Å². The van der Waals surface area contributed by atoms with Gasteiger partial charge in [-0.05, 0) is 25.1 Å². The van der Waals surface area contributed by atoms with Crippen LogP contribution in [0.5, 0.6) is 0 Å². The van der Waals surface area contributed by atoms with E-state index in [0.717, 1.165) is 23.9 Å². The first-order valence-corrected chi connectivity index (χ1v) is 9.65. The largest absolute Gasteiger partial charge is 0.417 e. The molecule has 3 aromatic rings. The Bertz CT molecular complexity index is 1010. The first-order valence-electron chi connectivity index (χ1n) is 8.28. The van der Waals surface area contributed by atoms with Gasteiger partial charge in [0.2, 0.25) is 5.91 Å². The van der Waals surface area contributed by atoms with Crippen molar-refractivity contribution in [3.8, 4) is 11.5 Å². The molecular formula is C17H14ClF3N6OS. The van der Waals surface area contributed by atoms with Crippen molar-refractivity contribution in [3.05, 3.63) is 47.4 Å². The third-order valence-corrected chi connectivity index (χ3v) is 5.01. The highest BCUT2D eigenvalue weighted by molar-refractivity contribution is 7.99. The molecule has 0 aliphatic carbocycles. The molecular weight excluding hydrogens is 429 g/mol. The average Bonchev–Trinajstić information content (AvgIpc) is 3.10. The molecule has 1 amide bonds. The molecule has 0 saturated carbocycles. The minimum absolute atomic E-state index is 0.00420. The van der Waals surface area contributed by atoms with Gasteiger partial charge < -0.3 is 9.88 Å². The van der Waals surface area contributed by atoms with Gasteiger partial charge in [0.15, 0.2) is 11.0 Å². The molecule has 152 valence electrons. The van der Waals surface area contributed by atoms with Gasteiger partial charge in [0, 0.05) is 24.6 Å². The molecule has 0 unspecified atom stereocenters. The number of anilines is 1. The smallest absolute Gasteiger partial charge is 0.325 e. The maximum absolute atomic E-state index is 12.9.